The minimum absolute atomic E-state index is 0.253. The van der Waals surface area contributed by atoms with Gasteiger partial charge in [-0.05, 0) is 23.8 Å². The van der Waals surface area contributed by atoms with Crippen LogP contribution in [-0.4, -0.2) is 15.0 Å². The number of halogens is 5. The lowest BCUT2D eigenvalue weighted by Crippen LogP contribution is -2.04. The van der Waals surface area contributed by atoms with E-state index < -0.39 is 34.6 Å². The number of fused-ring (bicyclic) bond motifs is 5. The van der Waals surface area contributed by atoms with Crippen molar-refractivity contribution in [2.75, 3.05) is 0 Å². The van der Waals surface area contributed by atoms with E-state index in [2.05, 4.69) is 6.07 Å². The summed E-state index contributed by atoms with van der Waals surface area (Å²) < 4.78 is 72.4. The molecular weight excluding hydrogens is 631 g/mol. The van der Waals surface area contributed by atoms with Gasteiger partial charge in [-0.1, -0.05) is 97.1 Å². The fourth-order valence-electron chi connectivity index (χ4n) is 6.24. The summed E-state index contributed by atoms with van der Waals surface area (Å²) in [5, 5.41) is 12.1. The largest absolute Gasteiger partial charge is 0.247 e. The van der Waals surface area contributed by atoms with Crippen molar-refractivity contribution in [3.05, 3.63) is 150 Å². The minimum atomic E-state index is -2.24. The molecule has 0 saturated carbocycles. The van der Waals surface area contributed by atoms with Gasteiger partial charge in [-0.3, -0.25) is 0 Å². The molecule has 4 nitrogen and oxygen atoms in total. The van der Waals surface area contributed by atoms with E-state index in [0.29, 0.717) is 55.2 Å². The average Bonchev–Trinajstić information content (AvgIpc) is 3.15. The van der Waals surface area contributed by atoms with Crippen LogP contribution in [0.25, 0.3) is 77.6 Å². The van der Waals surface area contributed by atoms with Gasteiger partial charge in [0.2, 0.25) is 5.82 Å². The first-order chi connectivity index (χ1) is 23.9. The van der Waals surface area contributed by atoms with E-state index in [9.17, 15) is 27.2 Å². The molecule has 234 valence electrons. The molecule has 0 N–H and O–H groups in total. The number of benzene rings is 6. The molecule has 0 aliphatic rings. The number of para-hydroxylation sites is 1. The van der Waals surface area contributed by atoms with Gasteiger partial charge in [0.15, 0.2) is 23.3 Å². The van der Waals surface area contributed by atoms with Crippen molar-refractivity contribution in [2.45, 2.75) is 0 Å². The Bertz CT molecular complexity index is 2640. The van der Waals surface area contributed by atoms with Crippen molar-refractivity contribution < 1.29 is 22.0 Å². The quantitative estimate of drug-likeness (QED) is 0.0823. The number of nitrogens with zero attached hydrogens (tertiary/aromatic N) is 4. The summed E-state index contributed by atoms with van der Waals surface area (Å²) in [4.78, 5) is 15.2. The summed E-state index contributed by atoms with van der Waals surface area (Å²) in [6, 6.07) is 35.8. The highest BCUT2D eigenvalue weighted by Crippen LogP contribution is 2.42. The molecule has 8 aromatic rings. The van der Waals surface area contributed by atoms with Crippen molar-refractivity contribution in [1.82, 2.24) is 15.0 Å². The fraction of sp³-hybridized carbons (Fsp3) is 0. The Morgan fingerprint density at radius 1 is 0.449 bits per heavy atom. The Balaban J connectivity index is 1.52. The molecular formula is C40H19F5N4. The highest BCUT2D eigenvalue weighted by molar-refractivity contribution is 6.22. The van der Waals surface area contributed by atoms with Crippen molar-refractivity contribution >= 4 is 32.7 Å². The van der Waals surface area contributed by atoms with E-state index in [1.54, 1.807) is 24.3 Å². The second-order valence-electron chi connectivity index (χ2n) is 11.3. The number of nitriles is 1. The van der Waals surface area contributed by atoms with Crippen LogP contribution in [0.2, 0.25) is 0 Å². The zero-order valence-corrected chi connectivity index (χ0v) is 25.1. The molecule has 0 bridgehead atoms. The second-order valence-corrected chi connectivity index (χ2v) is 11.3. The molecule has 2 heterocycles. The van der Waals surface area contributed by atoms with E-state index in [0.717, 1.165) is 11.1 Å². The van der Waals surface area contributed by atoms with Gasteiger partial charge < -0.3 is 0 Å². The minimum Gasteiger partial charge on any atom is -0.247 e. The monoisotopic (exact) mass is 650 g/mol. The van der Waals surface area contributed by atoms with Crippen LogP contribution in [0, 0.1) is 40.4 Å². The Kier molecular flexibility index (Phi) is 7.07. The third-order valence-electron chi connectivity index (χ3n) is 8.45. The molecule has 0 amide bonds. The van der Waals surface area contributed by atoms with Crippen molar-refractivity contribution in [3.8, 4) is 51.0 Å². The molecule has 2 aromatic heterocycles. The van der Waals surface area contributed by atoms with Crippen LogP contribution in [0.5, 0.6) is 0 Å². The predicted molar refractivity (Wildman–Crippen MR) is 179 cm³/mol. The number of hydrogen-bond donors (Lipinski definition) is 0. The maximum absolute atomic E-state index is 15.0. The van der Waals surface area contributed by atoms with Gasteiger partial charge in [0, 0.05) is 32.8 Å². The highest BCUT2D eigenvalue weighted by Gasteiger charge is 2.27. The van der Waals surface area contributed by atoms with E-state index in [-0.39, 0.29) is 11.3 Å². The number of aromatic nitrogens is 3. The lowest BCUT2D eigenvalue weighted by molar-refractivity contribution is 0.381. The van der Waals surface area contributed by atoms with E-state index in [1.165, 1.54) is 18.2 Å². The molecule has 0 spiro atoms. The van der Waals surface area contributed by atoms with E-state index in [4.69, 9.17) is 15.0 Å². The topological polar surface area (TPSA) is 62.5 Å². The zero-order valence-electron chi connectivity index (χ0n) is 25.1. The molecule has 8 rings (SSSR count). The van der Waals surface area contributed by atoms with Gasteiger partial charge in [0.05, 0.1) is 50.8 Å². The number of hydrogen-bond acceptors (Lipinski definition) is 4. The predicted octanol–water partition coefficient (Wildman–Crippen LogP) is 10.6. The third-order valence-corrected chi connectivity index (χ3v) is 8.45. The molecule has 0 saturated heterocycles. The van der Waals surface area contributed by atoms with E-state index >= 15 is 0 Å². The standard InChI is InChI=1S/C40H19F5N4/c41-32-30(33(42)35(44)36(45)34(32)43)23-14-9-15-24(18-23)37-31-29(26-16-7-8-17-27(26)47-37)25(20-46)19-28-40(31)49-39(22-12-5-2-6-13-22)38(48-28)21-10-3-1-4-11-21/h1-19H. The maximum atomic E-state index is 15.0. The summed E-state index contributed by atoms with van der Waals surface area (Å²) in [6.45, 7) is 0. The second kappa shape index (κ2) is 11.6. The molecule has 0 radical (unpaired) electrons. The van der Waals surface area contributed by atoms with Gasteiger partial charge in [-0.25, -0.2) is 36.9 Å². The van der Waals surface area contributed by atoms with Gasteiger partial charge in [0.25, 0.3) is 0 Å². The smallest absolute Gasteiger partial charge is 0.200 e. The molecule has 0 fully saturated rings. The summed E-state index contributed by atoms with van der Waals surface area (Å²) >= 11 is 0. The van der Waals surface area contributed by atoms with Crippen molar-refractivity contribution in [3.63, 3.8) is 0 Å². The molecule has 6 aromatic carbocycles. The summed E-state index contributed by atoms with van der Waals surface area (Å²) in [7, 11) is 0. The van der Waals surface area contributed by atoms with Crippen molar-refractivity contribution in [1.29, 1.82) is 5.26 Å². The first-order valence-corrected chi connectivity index (χ1v) is 15.1. The number of rotatable bonds is 4. The SMILES string of the molecule is N#Cc1cc2nc(-c3ccccc3)c(-c3ccccc3)nc2c2c(-c3cccc(-c4c(F)c(F)c(F)c(F)c4F)c3)nc3ccccc3c12. The Morgan fingerprint density at radius 2 is 0.980 bits per heavy atom. The van der Waals surface area contributed by atoms with Crippen LogP contribution in [0.3, 0.4) is 0 Å². The summed E-state index contributed by atoms with van der Waals surface area (Å²) in [5.41, 5.74) is 3.62. The van der Waals surface area contributed by atoms with Crippen LogP contribution >= 0.6 is 0 Å². The molecule has 0 atom stereocenters. The molecule has 0 unspecified atom stereocenters. The van der Waals surface area contributed by atoms with Crippen LogP contribution < -0.4 is 0 Å². The first-order valence-electron chi connectivity index (χ1n) is 15.1. The fourth-order valence-corrected chi connectivity index (χ4v) is 6.24. The van der Waals surface area contributed by atoms with Crippen LogP contribution in [-0.2, 0) is 0 Å². The molecule has 0 aliphatic carbocycles. The Labute approximate surface area is 275 Å². The van der Waals surface area contributed by atoms with Gasteiger partial charge >= 0.3 is 0 Å². The van der Waals surface area contributed by atoms with Gasteiger partial charge in [-0.2, -0.15) is 5.26 Å². The highest BCUT2D eigenvalue weighted by atomic mass is 19.2. The summed E-state index contributed by atoms with van der Waals surface area (Å²) in [6.07, 6.45) is 0. The summed E-state index contributed by atoms with van der Waals surface area (Å²) in [5.74, 6) is -10.2. The van der Waals surface area contributed by atoms with Crippen LogP contribution in [0.1, 0.15) is 5.56 Å². The maximum Gasteiger partial charge on any atom is 0.200 e. The molecule has 0 aliphatic heterocycles. The zero-order chi connectivity index (χ0) is 33.8. The van der Waals surface area contributed by atoms with Gasteiger partial charge in [0.1, 0.15) is 0 Å². The first kappa shape index (κ1) is 29.8. The molecule has 49 heavy (non-hydrogen) atoms. The average molecular weight is 651 g/mol. The lowest BCUT2D eigenvalue weighted by Gasteiger charge is -2.16. The van der Waals surface area contributed by atoms with E-state index in [1.807, 2.05) is 72.8 Å². The Hall–Kier alpha value is -6.53. The van der Waals surface area contributed by atoms with Crippen molar-refractivity contribution in [2.24, 2.45) is 0 Å². The van der Waals surface area contributed by atoms with Gasteiger partial charge in [-0.15, -0.1) is 0 Å². The normalized spacial score (nSPS) is 11.3. The third kappa shape index (κ3) is 4.76. The van der Waals surface area contributed by atoms with Crippen LogP contribution in [0.4, 0.5) is 22.0 Å². The number of pyridine rings is 1. The Morgan fingerprint density at radius 3 is 1.63 bits per heavy atom. The lowest BCUT2D eigenvalue weighted by atomic mass is 9.93. The molecule has 9 heteroatoms. The van der Waals surface area contributed by atoms with Crippen LogP contribution in [0.15, 0.2) is 115 Å².